The van der Waals surface area contributed by atoms with Gasteiger partial charge in [0, 0.05) is 31.3 Å². The fraction of sp³-hybridized carbons (Fsp3) is 0.364. The second-order valence-electron chi connectivity index (χ2n) is 3.68. The second-order valence-corrected chi connectivity index (χ2v) is 6.76. The summed E-state index contributed by atoms with van der Waals surface area (Å²) in [4.78, 5) is 10.8. The van der Waals surface area contributed by atoms with E-state index in [1.807, 2.05) is 12.1 Å². The number of hydrogen-bond acceptors (Lipinski definition) is 6. The highest BCUT2D eigenvalue weighted by Gasteiger charge is 2.26. The molecule has 20 heavy (non-hydrogen) atoms. The molecular formula is C11H11N3O4S2. The lowest BCUT2D eigenvalue weighted by Gasteiger charge is -2.18. The maximum absolute atomic E-state index is 12.3. The van der Waals surface area contributed by atoms with Crippen molar-refractivity contribution in [3.63, 3.8) is 0 Å². The summed E-state index contributed by atoms with van der Waals surface area (Å²) < 4.78 is 25.5. The second kappa shape index (κ2) is 7.01. The maximum atomic E-state index is 12.3. The van der Waals surface area contributed by atoms with Crippen LogP contribution < -0.4 is 0 Å². The van der Waals surface area contributed by atoms with Crippen LogP contribution in [0.5, 0.6) is 0 Å². The predicted molar refractivity (Wildman–Crippen MR) is 70.5 cm³/mol. The Morgan fingerprint density at radius 1 is 1.30 bits per heavy atom. The van der Waals surface area contributed by atoms with E-state index in [0.717, 1.165) is 21.7 Å². The fourth-order valence-electron chi connectivity index (χ4n) is 1.39. The molecule has 0 fully saturated rings. The molecule has 1 N–H and O–H groups in total. The first kappa shape index (κ1) is 16.1. The van der Waals surface area contributed by atoms with Gasteiger partial charge in [0.25, 0.3) is 10.0 Å². The summed E-state index contributed by atoms with van der Waals surface area (Å²) in [6.45, 7) is -0.0539. The summed E-state index contributed by atoms with van der Waals surface area (Å²) in [6.07, 6.45) is 0.00361. The molecule has 1 heterocycles. The Balaban J connectivity index is 3.05. The molecule has 0 saturated carbocycles. The van der Waals surface area contributed by atoms with Crippen LogP contribution in [0.25, 0.3) is 0 Å². The summed E-state index contributed by atoms with van der Waals surface area (Å²) in [7, 11) is -3.87. The minimum atomic E-state index is -3.87. The molecule has 0 bridgehead atoms. The normalized spacial score (nSPS) is 10.9. The van der Waals surface area contributed by atoms with Crippen LogP contribution in [0.2, 0.25) is 0 Å². The number of sulfonamides is 1. The van der Waals surface area contributed by atoms with Gasteiger partial charge in [-0.15, -0.1) is 11.3 Å². The predicted octanol–water partition coefficient (Wildman–Crippen LogP) is 1.26. The van der Waals surface area contributed by atoms with Crippen molar-refractivity contribution in [2.45, 2.75) is 17.1 Å². The van der Waals surface area contributed by atoms with Gasteiger partial charge in [0.05, 0.1) is 17.7 Å². The number of hydrogen-bond donors (Lipinski definition) is 1. The number of aromatic carboxylic acids is 1. The number of thiophene rings is 1. The van der Waals surface area contributed by atoms with Gasteiger partial charge in [-0.25, -0.2) is 13.2 Å². The highest BCUT2D eigenvalue weighted by Crippen LogP contribution is 2.24. The highest BCUT2D eigenvalue weighted by molar-refractivity contribution is 7.91. The fourth-order valence-corrected chi connectivity index (χ4v) is 4.14. The minimum absolute atomic E-state index is 0.00181. The van der Waals surface area contributed by atoms with E-state index < -0.39 is 16.0 Å². The van der Waals surface area contributed by atoms with Crippen molar-refractivity contribution in [3.8, 4) is 12.1 Å². The number of nitriles is 2. The number of rotatable bonds is 7. The topological polar surface area (TPSA) is 122 Å². The zero-order valence-electron chi connectivity index (χ0n) is 10.3. The van der Waals surface area contributed by atoms with Crippen LogP contribution in [0.4, 0.5) is 0 Å². The molecule has 0 aromatic carbocycles. The summed E-state index contributed by atoms with van der Waals surface area (Å²) in [5, 5.41) is 27.1. The highest BCUT2D eigenvalue weighted by atomic mass is 32.2. The van der Waals surface area contributed by atoms with Crippen molar-refractivity contribution in [2.24, 2.45) is 0 Å². The number of nitrogens with zero attached hydrogens (tertiary/aromatic N) is 3. The first-order valence-corrected chi connectivity index (χ1v) is 7.81. The van der Waals surface area contributed by atoms with E-state index >= 15 is 0 Å². The molecule has 106 valence electrons. The summed E-state index contributed by atoms with van der Waals surface area (Å²) in [5.41, 5.74) is -0.103. The van der Waals surface area contributed by atoms with Gasteiger partial charge in [-0.1, -0.05) is 0 Å². The minimum Gasteiger partial charge on any atom is -0.478 e. The van der Waals surface area contributed by atoms with Crippen molar-refractivity contribution in [3.05, 3.63) is 17.0 Å². The molecule has 0 aliphatic rings. The van der Waals surface area contributed by atoms with Crippen molar-refractivity contribution in [1.82, 2.24) is 4.31 Å². The van der Waals surface area contributed by atoms with E-state index in [-0.39, 0.29) is 35.7 Å². The van der Waals surface area contributed by atoms with Gasteiger partial charge in [-0.2, -0.15) is 14.8 Å². The molecule has 0 saturated heterocycles. The Kier molecular flexibility index (Phi) is 5.65. The van der Waals surface area contributed by atoms with E-state index in [0.29, 0.717) is 0 Å². The summed E-state index contributed by atoms with van der Waals surface area (Å²) in [6, 6.07) is 4.76. The van der Waals surface area contributed by atoms with Crippen molar-refractivity contribution >= 4 is 27.3 Å². The summed E-state index contributed by atoms with van der Waals surface area (Å²) >= 11 is 0.804. The molecule has 1 rings (SSSR count). The van der Waals surface area contributed by atoms with Crippen LogP contribution in [0.3, 0.4) is 0 Å². The third kappa shape index (κ3) is 3.78. The zero-order valence-corrected chi connectivity index (χ0v) is 11.9. The molecule has 0 spiro atoms. The molecule has 0 aliphatic heterocycles. The van der Waals surface area contributed by atoms with Crippen LogP contribution in [0, 0.1) is 22.7 Å². The Hall–Kier alpha value is -1.94. The van der Waals surface area contributed by atoms with Crippen LogP contribution >= 0.6 is 11.3 Å². The average Bonchev–Trinajstić information content (AvgIpc) is 2.89. The van der Waals surface area contributed by atoms with E-state index in [9.17, 15) is 13.2 Å². The molecular weight excluding hydrogens is 302 g/mol. The smallest absolute Gasteiger partial charge is 0.336 e. The first-order valence-electron chi connectivity index (χ1n) is 5.49. The van der Waals surface area contributed by atoms with Crippen molar-refractivity contribution < 1.29 is 18.3 Å². The molecule has 7 nitrogen and oxygen atoms in total. The number of carboxylic acids is 1. The van der Waals surface area contributed by atoms with Gasteiger partial charge in [0.1, 0.15) is 4.21 Å². The van der Waals surface area contributed by atoms with Gasteiger partial charge >= 0.3 is 5.97 Å². The zero-order chi connectivity index (χ0) is 15.2. The van der Waals surface area contributed by atoms with Gasteiger partial charge in [-0.3, -0.25) is 0 Å². The lowest BCUT2D eigenvalue weighted by Crippen LogP contribution is -2.32. The van der Waals surface area contributed by atoms with Crippen LogP contribution in [0.15, 0.2) is 15.7 Å². The van der Waals surface area contributed by atoms with Crippen LogP contribution in [0.1, 0.15) is 23.2 Å². The van der Waals surface area contributed by atoms with Crippen molar-refractivity contribution in [2.75, 3.05) is 13.1 Å². The standard InChI is InChI=1S/C11H11N3O4S2/c12-3-1-5-14(6-2-4-13)20(17,18)10-7-9(8-19-10)11(15)16/h7-8H,1-2,5-6H2,(H,15,16). The van der Waals surface area contributed by atoms with Gasteiger partial charge < -0.3 is 5.11 Å². The molecule has 0 aliphatic carbocycles. The number of carbonyl (C=O) groups is 1. The van der Waals surface area contributed by atoms with E-state index in [2.05, 4.69) is 0 Å². The monoisotopic (exact) mass is 313 g/mol. The molecule has 0 unspecified atom stereocenters. The van der Waals surface area contributed by atoms with E-state index in [1.165, 1.54) is 5.38 Å². The molecule has 9 heteroatoms. The SMILES string of the molecule is N#CCCN(CCC#N)S(=O)(=O)c1cc(C(=O)O)cs1. The maximum Gasteiger partial charge on any atom is 0.336 e. The number of carboxylic acid groups (broad SMARTS) is 1. The molecule has 0 atom stereocenters. The lowest BCUT2D eigenvalue weighted by molar-refractivity contribution is 0.0697. The van der Waals surface area contributed by atoms with Crippen LogP contribution in [-0.4, -0.2) is 36.9 Å². The average molecular weight is 313 g/mol. The largest absolute Gasteiger partial charge is 0.478 e. The third-order valence-corrected chi connectivity index (χ3v) is 5.68. The Morgan fingerprint density at radius 2 is 1.85 bits per heavy atom. The Bertz CT molecular complexity index is 649. The van der Waals surface area contributed by atoms with Crippen LogP contribution in [-0.2, 0) is 10.0 Å². The quantitative estimate of drug-likeness (QED) is 0.808. The van der Waals surface area contributed by atoms with E-state index in [1.54, 1.807) is 0 Å². The molecule has 0 radical (unpaired) electrons. The summed E-state index contributed by atoms with van der Waals surface area (Å²) in [5.74, 6) is -1.21. The molecule has 0 amide bonds. The van der Waals surface area contributed by atoms with Gasteiger partial charge in [0.2, 0.25) is 0 Å². The van der Waals surface area contributed by atoms with E-state index in [4.69, 9.17) is 15.6 Å². The Morgan fingerprint density at radius 3 is 2.25 bits per heavy atom. The van der Waals surface area contributed by atoms with Crippen molar-refractivity contribution in [1.29, 1.82) is 10.5 Å². The van der Waals surface area contributed by atoms with Gasteiger partial charge in [-0.05, 0) is 6.07 Å². The van der Waals surface area contributed by atoms with Gasteiger partial charge in [0.15, 0.2) is 0 Å². The third-order valence-electron chi connectivity index (χ3n) is 2.36. The molecule has 1 aromatic rings. The lowest BCUT2D eigenvalue weighted by atomic mass is 10.4. The Labute approximate surface area is 120 Å². The molecule has 1 aromatic heterocycles. The first-order chi connectivity index (χ1) is 9.43.